The maximum atomic E-state index is 6.44. The zero-order chi connectivity index (χ0) is 17.6. The largest absolute Gasteiger partial charge is 0.375 e. The first-order valence-electron chi connectivity index (χ1n) is 11.3. The third-order valence-corrected chi connectivity index (χ3v) is 6.89. The molecule has 2 saturated carbocycles. The molecule has 4 rings (SSSR count). The van der Waals surface area contributed by atoms with Crippen LogP contribution >= 0.6 is 0 Å². The van der Waals surface area contributed by atoms with Crippen molar-refractivity contribution in [2.24, 2.45) is 11.8 Å². The van der Waals surface area contributed by atoms with Gasteiger partial charge in [0.25, 0.3) is 0 Å². The number of ether oxygens (including phenoxy) is 4. The van der Waals surface area contributed by atoms with E-state index < -0.39 is 0 Å². The summed E-state index contributed by atoms with van der Waals surface area (Å²) in [5, 5.41) is 0. The predicted molar refractivity (Wildman–Crippen MR) is 101 cm³/mol. The van der Waals surface area contributed by atoms with Gasteiger partial charge in [-0.3, -0.25) is 0 Å². The monoisotopic (exact) mass is 366 g/mol. The molecule has 26 heavy (non-hydrogen) atoms. The minimum Gasteiger partial charge on any atom is -0.375 e. The van der Waals surface area contributed by atoms with Crippen molar-refractivity contribution in [3.63, 3.8) is 0 Å². The van der Waals surface area contributed by atoms with Crippen LogP contribution in [0.1, 0.15) is 77.0 Å². The van der Waals surface area contributed by atoms with Gasteiger partial charge in [-0.1, -0.05) is 44.9 Å². The third-order valence-electron chi connectivity index (χ3n) is 6.89. The van der Waals surface area contributed by atoms with Crippen LogP contribution in [0.3, 0.4) is 0 Å². The minimum absolute atomic E-state index is 0.382. The van der Waals surface area contributed by atoms with Crippen LogP contribution in [-0.2, 0) is 18.9 Å². The van der Waals surface area contributed by atoms with E-state index in [9.17, 15) is 0 Å². The summed E-state index contributed by atoms with van der Waals surface area (Å²) < 4.78 is 23.3. The van der Waals surface area contributed by atoms with Crippen LogP contribution in [0.25, 0.3) is 0 Å². The second-order valence-electron chi connectivity index (χ2n) is 9.02. The van der Waals surface area contributed by atoms with Gasteiger partial charge in [0.05, 0.1) is 38.6 Å². The zero-order valence-corrected chi connectivity index (χ0v) is 16.4. The molecule has 0 radical (unpaired) electrons. The molecule has 2 aliphatic heterocycles. The summed E-state index contributed by atoms with van der Waals surface area (Å²) in [6.45, 7) is 3.42. The van der Waals surface area contributed by atoms with Crippen LogP contribution in [0.2, 0.25) is 0 Å². The van der Waals surface area contributed by atoms with E-state index in [1.54, 1.807) is 0 Å². The number of hydrogen-bond acceptors (Lipinski definition) is 4. The third kappa shape index (κ3) is 6.19. The molecule has 5 atom stereocenters. The molecule has 0 bridgehead atoms. The standard InChI is InChI=1S/C22H38O4/c1-2-4-7-17(8-5-3-1)21-12-11-18(23-13-19-14-24-19)9-6-10-22(21)26-16-20-15-25-20/h17-22H,1-16H2. The average Bonchev–Trinajstić information content (AvgIpc) is 3.49. The van der Waals surface area contributed by atoms with Crippen LogP contribution < -0.4 is 0 Å². The molecular weight excluding hydrogens is 328 g/mol. The molecule has 2 saturated heterocycles. The molecule has 0 N–H and O–H groups in total. The van der Waals surface area contributed by atoms with Gasteiger partial charge in [0, 0.05) is 0 Å². The lowest BCUT2D eigenvalue weighted by molar-refractivity contribution is -0.0490. The lowest BCUT2D eigenvalue weighted by atomic mass is 9.74. The van der Waals surface area contributed by atoms with E-state index in [0.717, 1.165) is 38.3 Å². The second-order valence-corrected chi connectivity index (χ2v) is 9.02. The van der Waals surface area contributed by atoms with Crippen LogP contribution in [-0.4, -0.2) is 50.8 Å². The molecule has 4 aliphatic rings. The topological polar surface area (TPSA) is 43.5 Å². The van der Waals surface area contributed by atoms with E-state index in [1.807, 2.05) is 0 Å². The fourth-order valence-electron chi connectivity index (χ4n) is 5.10. The zero-order valence-electron chi connectivity index (χ0n) is 16.4. The van der Waals surface area contributed by atoms with Gasteiger partial charge in [0.15, 0.2) is 0 Å². The van der Waals surface area contributed by atoms with Crippen molar-refractivity contribution in [2.45, 2.75) is 101 Å². The summed E-state index contributed by atoms with van der Waals surface area (Å²) in [5.74, 6) is 1.57. The first-order valence-corrected chi connectivity index (χ1v) is 11.3. The molecule has 4 fully saturated rings. The molecule has 0 aromatic carbocycles. The molecule has 0 spiro atoms. The summed E-state index contributed by atoms with van der Waals surface area (Å²) in [6.07, 6.45) is 17.7. The van der Waals surface area contributed by atoms with Crippen molar-refractivity contribution in [3.05, 3.63) is 0 Å². The highest BCUT2D eigenvalue weighted by atomic mass is 16.6. The predicted octanol–water partition coefficient (Wildman–Crippen LogP) is 4.50. The summed E-state index contributed by atoms with van der Waals surface area (Å²) in [6, 6.07) is 0. The van der Waals surface area contributed by atoms with Gasteiger partial charge in [-0.25, -0.2) is 0 Å². The van der Waals surface area contributed by atoms with Gasteiger partial charge < -0.3 is 18.9 Å². The Bertz CT molecular complexity index is 399. The van der Waals surface area contributed by atoms with Crippen LogP contribution in [0.4, 0.5) is 0 Å². The second kappa shape index (κ2) is 9.86. The molecule has 0 aromatic heterocycles. The highest BCUT2D eigenvalue weighted by Gasteiger charge is 2.34. The summed E-state index contributed by atoms with van der Waals surface area (Å²) in [7, 11) is 0. The molecular formula is C22H38O4. The summed E-state index contributed by atoms with van der Waals surface area (Å²) >= 11 is 0. The van der Waals surface area contributed by atoms with Crippen molar-refractivity contribution in [1.82, 2.24) is 0 Å². The van der Waals surface area contributed by atoms with Gasteiger partial charge in [0.1, 0.15) is 12.2 Å². The molecule has 150 valence electrons. The highest BCUT2D eigenvalue weighted by Crippen LogP contribution is 2.38. The Balaban J connectivity index is 1.34. The normalized spacial score (nSPS) is 39.5. The molecule has 0 aromatic rings. The van der Waals surface area contributed by atoms with Crippen molar-refractivity contribution in [1.29, 1.82) is 0 Å². The van der Waals surface area contributed by atoms with E-state index >= 15 is 0 Å². The van der Waals surface area contributed by atoms with Crippen molar-refractivity contribution < 1.29 is 18.9 Å². The molecule has 5 unspecified atom stereocenters. The smallest absolute Gasteiger partial charge is 0.104 e. The minimum atomic E-state index is 0.382. The Morgan fingerprint density at radius 2 is 1.27 bits per heavy atom. The van der Waals surface area contributed by atoms with Gasteiger partial charge >= 0.3 is 0 Å². The van der Waals surface area contributed by atoms with Crippen molar-refractivity contribution >= 4 is 0 Å². The van der Waals surface area contributed by atoms with Crippen molar-refractivity contribution in [3.8, 4) is 0 Å². The summed E-state index contributed by atoms with van der Waals surface area (Å²) in [5.41, 5.74) is 0. The van der Waals surface area contributed by atoms with E-state index in [0.29, 0.717) is 24.4 Å². The first kappa shape index (κ1) is 19.2. The van der Waals surface area contributed by atoms with E-state index in [1.165, 1.54) is 77.0 Å². The van der Waals surface area contributed by atoms with Crippen molar-refractivity contribution in [2.75, 3.05) is 26.4 Å². The Kier molecular flexibility index (Phi) is 7.27. The molecule has 4 nitrogen and oxygen atoms in total. The number of hydrogen-bond donors (Lipinski definition) is 0. The Morgan fingerprint density at radius 1 is 0.615 bits per heavy atom. The Hall–Kier alpha value is -0.160. The lowest BCUT2D eigenvalue weighted by Crippen LogP contribution is -2.35. The van der Waals surface area contributed by atoms with Crippen LogP contribution in [0.15, 0.2) is 0 Å². The van der Waals surface area contributed by atoms with Crippen LogP contribution in [0.5, 0.6) is 0 Å². The van der Waals surface area contributed by atoms with E-state index in [2.05, 4.69) is 0 Å². The average molecular weight is 367 g/mol. The lowest BCUT2D eigenvalue weighted by Gasteiger charge is -2.37. The van der Waals surface area contributed by atoms with E-state index in [-0.39, 0.29) is 0 Å². The van der Waals surface area contributed by atoms with Gasteiger partial charge in [-0.05, 0) is 43.9 Å². The number of rotatable bonds is 7. The summed E-state index contributed by atoms with van der Waals surface area (Å²) in [4.78, 5) is 0. The maximum Gasteiger partial charge on any atom is 0.104 e. The number of epoxide rings is 2. The van der Waals surface area contributed by atoms with Gasteiger partial charge in [-0.15, -0.1) is 0 Å². The Morgan fingerprint density at radius 3 is 1.96 bits per heavy atom. The first-order chi connectivity index (χ1) is 12.9. The molecule has 0 amide bonds. The molecule has 2 heterocycles. The molecule has 2 aliphatic carbocycles. The fourth-order valence-corrected chi connectivity index (χ4v) is 5.10. The highest BCUT2D eigenvalue weighted by molar-refractivity contribution is 4.84. The van der Waals surface area contributed by atoms with Gasteiger partial charge in [0.2, 0.25) is 0 Å². The SMILES string of the molecule is C1CCCC(C2CCC(OCC3CO3)CCCC2OCC2CO2)CCC1. The fraction of sp³-hybridized carbons (Fsp3) is 1.00. The maximum absolute atomic E-state index is 6.44. The quantitative estimate of drug-likeness (QED) is 0.623. The van der Waals surface area contributed by atoms with Gasteiger partial charge in [-0.2, -0.15) is 0 Å². The molecule has 4 heteroatoms. The van der Waals surface area contributed by atoms with Crippen LogP contribution in [0, 0.1) is 11.8 Å². The van der Waals surface area contributed by atoms with E-state index in [4.69, 9.17) is 18.9 Å². The Labute approximate surface area is 159 Å².